The lowest BCUT2D eigenvalue weighted by molar-refractivity contribution is 0.604. The highest BCUT2D eigenvalue weighted by Crippen LogP contribution is 2.45. The third kappa shape index (κ3) is 4.73. The molecule has 0 aromatic heterocycles. The summed E-state index contributed by atoms with van der Waals surface area (Å²) in [6, 6.07) is 4.03. The molecule has 0 bridgehead atoms. The molecule has 0 aliphatic carbocycles. The zero-order valence-electron chi connectivity index (χ0n) is 19.4. The molecule has 1 aromatic rings. The van der Waals surface area contributed by atoms with E-state index >= 15 is 0 Å². The first-order chi connectivity index (χ1) is 12.3. The van der Waals surface area contributed by atoms with Crippen LogP contribution in [0.1, 0.15) is 159 Å². The lowest BCUT2D eigenvalue weighted by Gasteiger charge is -2.33. The third-order valence-electron chi connectivity index (χ3n) is 6.96. The lowest BCUT2D eigenvalue weighted by atomic mass is 9.71. The lowest BCUT2D eigenvalue weighted by Crippen LogP contribution is -2.17. The second kappa shape index (κ2) is 10.5. The summed E-state index contributed by atoms with van der Waals surface area (Å²) in [4.78, 5) is 0. The molecule has 26 heavy (non-hydrogen) atoms. The molecular formula is C26H45. The van der Waals surface area contributed by atoms with Gasteiger partial charge in [-0.25, -0.2) is 0 Å². The van der Waals surface area contributed by atoms with Crippen LogP contribution < -0.4 is 0 Å². The minimum Gasteiger partial charge on any atom is -0.0648 e. The molecular weight excluding hydrogens is 312 g/mol. The summed E-state index contributed by atoms with van der Waals surface area (Å²) in [7, 11) is 0. The van der Waals surface area contributed by atoms with E-state index < -0.39 is 0 Å². The molecule has 5 unspecified atom stereocenters. The first kappa shape index (κ1) is 23.3. The second-order valence-electron chi connectivity index (χ2n) is 8.74. The first-order valence-electron chi connectivity index (χ1n) is 11.4. The monoisotopic (exact) mass is 357 g/mol. The molecule has 0 spiro atoms. The van der Waals surface area contributed by atoms with Gasteiger partial charge in [-0.05, 0) is 95.6 Å². The Bertz CT molecular complexity index is 511. The van der Waals surface area contributed by atoms with Crippen molar-refractivity contribution in [3.8, 4) is 0 Å². The van der Waals surface area contributed by atoms with Crippen molar-refractivity contribution >= 4 is 0 Å². The fourth-order valence-electron chi connectivity index (χ4n) is 4.11. The van der Waals surface area contributed by atoms with Crippen molar-refractivity contribution in [3.05, 3.63) is 33.9 Å². The van der Waals surface area contributed by atoms with Gasteiger partial charge in [0.05, 0.1) is 0 Å². The average Bonchev–Trinajstić information content (AvgIpc) is 2.68. The van der Waals surface area contributed by atoms with Gasteiger partial charge in [-0.2, -0.15) is 0 Å². The van der Waals surface area contributed by atoms with Crippen molar-refractivity contribution in [2.24, 2.45) is 0 Å². The quantitative estimate of drug-likeness (QED) is 0.391. The zero-order valence-corrected chi connectivity index (χ0v) is 19.4. The summed E-state index contributed by atoms with van der Waals surface area (Å²) in [5.74, 6) is 3.05. The molecule has 0 fully saturated rings. The Labute approximate surface area is 165 Å². The molecule has 1 radical (unpaired) electrons. The Hall–Kier alpha value is -0.780. The van der Waals surface area contributed by atoms with E-state index in [1.807, 2.05) is 0 Å². The standard InChI is InChI=1S/C26H45/c1-11-17(6)22-16-23(18(7)12-2)25(20(9)14-4)26(21(10)15-5)24(22)19(8)13-3/h17-21H,11-15H2,1-10H3. The summed E-state index contributed by atoms with van der Waals surface area (Å²) < 4.78 is 0. The maximum absolute atomic E-state index is 4.03. The predicted octanol–water partition coefficient (Wildman–Crippen LogP) is 9.05. The molecule has 149 valence electrons. The van der Waals surface area contributed by atoms with Gasteiger partial charge in [0.1, 0.15) is 0 Å². The maximum Gasteiger partial charge on any atom is -0.0103 e. The summed E-state index contributed by atoms with van der Waals surface area (Å²) in [6.45, 7) is 23.8. The Balaban J connectivity index is 4.01. The van der Waals surface area contributed by atoms with Gasteiger partial charge in [0.25, 0.3) is 0 Å². The van der Waals surface area contributed by atoms with Crippen LogP contribution in [0.5, 0.6) is 0 Å². The van der Waals surface area contributed by atoms with E-state index in [2.05, 4.69) is 75.3 Å². The summed E-state index contributed by atoms with van der Waals surface area (Å²) in [5.41, 5.74) is 8.05. The van der Waals surface area contributed by atoms with Gasteiger partial charge in [0.15, 0.2) is 0 Å². The SMILES string of the molecule is CCC(C)c1[c]c(C(C)CC)c(C(C)CC)c(C(C)CC)c1C(C)CC. The van der Waals surface area contributed by atoms with Crippen LogP contribution in [0.25, 0.3) is 0 Å². The second-order valence-corrected chi connectivity index (χ2v) is 8.74. The maximum atomic E-state index is 4.03. The number of benzene rings is 1. The van der Waals surface area contributed by atoms with Gasteiger partial charge in [-0.15, -0.1) is 0 Å². The molecule has 0 saturated carbocycles. The Morgan fingerprint density at radius 1 is 0.462 bits per heavy atom. The van der Waals surface area contributed by atoms with Crippen LogP contribution >= 0.6 is 0 Å². The largest absolute Gasteiger partial charge is 0.0648 e. The van der Waals surface area contributed by atoms with Crippen molar-refractivity contribution in [3.63, 3.8) is 0 Å². The molecule has 0 amide bonds. The molecule has 0 N–H and O–H groups in total. The summed E-state index contributed by atoms with van der Waals surface area (Å²) in [5, 5.41) is 0. The highest BCUT2D eigenvalue weighted by Gasteiger charge is 2.28. The van der Waals surface area contributed by atoms with E-state index in [4.69, 9.17) is 0 Å². The number of hydrogen-bond donors (Lipinski definition) is 0. The fraction of sp³-hybridized carbons (Fsp3) is 0.769. The van der Waals surface area contributed by atoms with Gasteiger partial charge in [-0.3, -0.25) is 0 Å². The highest BCUT2D eigenvalue weighted by atomic mass is 14.3. The molecule has 0 heteroatoms. The molecule has 0 aliphatic rings. The average molecular weight is 358 g/mol. The Morgan fingerprint density at radius 3 is 1.00 bits per heavy atom. The first-order valence-corrected chi connectivity index (χ1v) is 11.4. The van der Waals surface area contributed by atoms with Crippen LogP contribution in [0, 0.1) is 6.07 Å². The van der Waals surface area contributed by atoms with E-state index in [1.54, 1.807) is 16.7 Å². The Kier molecular flexibility index (Phi) is 9.42. The van der Waals surface area contributed by atoms with E-state index in [0.717, 1.165) is 0 Å². The molecule has 0 heterocycles. The van der Waals surface area contributed by atoms with Crippen molar-refractivity contribution in [1.29, 1.82) is 0 Å². The molecule has 0 nitrogen and oxygen atoms in total. The van der Waals surface area contributed by atoms with E-state index in [-0.39, 0.29) is 0 Å². The van der Waals surface area contributed by atoms with Crippen LogP contribution in [-0.2, 0) is 0 Å². The molecule has 1 aromatic carbocycles. The molecule has 5 atom stereocenters. The zero-order chi connectivity index (χ0) is 20.0. The van der Waals surface area contributed by atoms with Crippen molar-refractivity contribution in [2.45, 2.75) is 131 Å². The Morgan fingerprint density at radius 2 is 0.731 bits per heavy atom. The molecule has 1 rings (SSSR count). The van der Waals surface area contributed by atoms with Gasteiger partial charge < -0.3 is 0 Å². The van der Waals surface area contributed by atoms with E-state index in [1.165, 1.54) is 43.2 Å². The minimum absolute atomic E-state index is 0.593. The smallest absolute Gasteiger partial charge is 0.0103 e. The summed E-state index contributed by atoms with van der Waals surface area (Å²) in [6.07, 6.45) is 6.04. The van der Waals surface area contributed by atoms with Crippen LogP contribution in [0.3, 0.4) is 0 Å². The van der Waals surface area contributed by atoms with Crippen molar-refractivity contribution in [2.75, 3.05) is 0 Å². The van der Waals surface area contributed by atoms with Gasteiger partial charge in [0, 0.05) is 0 Å². The normalized spacial score (nSPS) is 17.6. The van der Waals surface area contributed by atoms with Gasteiger partial charge in [-0.1, -0.05) is 69.2 Å². The third-order valence-corrected chi connectivity index (χ3v) is 6.96. The minimum atomic E-state index is 0.593. The van der Waals surface area contributed by atoms with E-state index in [9.17, 15) is 0 Å². The molecule has 0 aliphatic heterocycles. The van der Waals surface area contributed by atoms with Crippen molar-refractivity contribution in [1.82, 2.24) is 0 Å². The van der Waals surface area contributed by atoms with Gasteiger partial charge >= 0.3 is 0 Å². The van der Waals surface area contributed by atoms with Crippen LogP contribution in [0.2, 0.25) is 0 Å². The highest BCUT2D eigenvalue weighted by molar-refractivity contribution is 5.52. The van der Waals surface area contributed by atoms with Crippen LogP contribution in [-0.4, -0.2) is 0 Å². The predicted molar refractivity (Wildman–Crippen MR) is 119 cm³/mol. The van der Waals surface area contributed by atoms with Crippen LogP contribution in [0.15, 0.2) is 0 Å². The molecule has 0 saturated heterocycles. The number of hydrogen-bond acceptors (Lipinski definition) is 0. The van der Waals surface area contributed by atoms with Crippen LogP contribution in [0.4, 0.5) is 0 Å². The number of rotatable bonds is 10. The van der Waals surface area contributed by atoms with Crippen molar-refractivity contribution < 1.29 is 0 Å². The fourth-order valence-corrected chi connectivity index (χ4v) is 4.11. The summed E-state index contributed by atoms with van der Waals surface area (Å²) >= 11 is 0. The topological polar surface area (TPSA) is 0 Å². The van der Waals surface area contributed by atoms with E-state index in [0.29, 0.717) is 29.6 Å². The van der Waals surface area contributed by atoms with Gasteiger partial charge in [0.2, 0.25) is 0 Å².